The van der Waals surface area contributed by atoms with E-state index in [-0.39, 0.29) is 42.6 Å². The van der Waals surface area contributed by atoms with E-state index < -0.39 is 6.04 Å². The Balaban J connectivity index is 1.17. The van der Waals surface area contributed by atoms with Gasteiger partial charge in [-0.25, -0.2) is 0 Å². The second kappa shape index (κ2) is 14.1. The summed E-state index contributed by atoms with van der Waals surface area (Å²) in [6, 6.07) is 26.9. The number of amides is 4. The van der Waals surface area contributed by atoms with Crippen LogP contribution in [0.2, 0.25) is 0 Å². The molecule has 1 atom stereocenters. The SMILES string of the molecule is CC(=O)Nc1ccc(NC(=O)C[C@H]2C(=O)NCCN2C(=O)CN2CCN(C(c3ccccc3)c3ccccc3)CC2)cc1. The zero-order chi connectivity index (χ0) is 30.2. The largest absolute Gasteiger partial charge is 0.353 e. The maximum atomic E-state index is 13.5. The van der Waals surface area contributed by atoms with Gasteiger partial charge in [0.15, 0.2) is 0 Å². The van der Waals surface area contributed by atoms with Crippen LogP contribution >= 0.6 is 0 Å². The zero-order valence-electron chi connectivity index (χ0n) is 24.4. The van der Waals surface area contributed by atoms with Crippen LogP contribution in [0.25, 0.3) is 0 Å². The topological polar surface area (TPSA) is 114 Å². The molecule has 43 heavy (non-hydrogen) atoms. The summed E-state index contributed by atoms with van der Waals surface area (Å²) in [5, 5.41) is 8.26. The Hall–Kier alpha value is -4.54. The molecule has 2 fully saturated rings. The highest BCUT2D eigenvalue weighted by Crippen LogP contribution is 2.29. The van der Waals surface area contributed by atoms with Gasteiger partial charge >= 0.3 is 0 Å². The molecular formula is C33H38N6O4. The number of carbonyl (C=O) groups excluding carboxylic acids is 4. The fourth-order valence-electron chi connectivity index (χ4n) is 5.79. The first kappa shape index (κ1) is 29.9. The second-order valence-corrected chi connectivity index (χ2v) is 10.9. The molecule has 0 aliphatic carbocycles. The molecule has 3 aromatic carbocycles. The summed E-state index contributed by atoms with van der Waals surface area (Å²) in [4.78, 5) is 56.5. The van der Waals surface area contributed by atoms with Crippen LogP contribution in [0.4, 0.5) is 11.4 Å². The molecule has 3 aromatic rings. The van der Waals surface area contributed by atoms with Crippen LogP contribution in [0.15, 0.2) is 84.9 Å². The average Bonchev–Trinajstić information content (AvgIpc) is 3.01. The number of nitrogens with one attached hydrogen (secondary N) is 3. The molecule has 5 rings (SSSR count). The molecule has 2 saturated heterocycles. The highest BCUT2D eigenvalue weighted by Gasteiger charge is 2.36. The molecule has 2 heterocycles. The number of anilines is 2. The summed E-state index contributed by atoms with van der Waals surface area (Å²) in [6.07, 6.45) is -0.144. The molecule has 0 radical (unpaired) electrons. The van der Waals surface area contributed by atoms with Crippen molar-refractivity contribution in [2.75, 3.05) is 56.4 Å². The van der Waals surface area contributed by atoms with E-state index in [2.05, 4.69) is 74.3 Å². The average molecular weight is 583 g/mol. The number of hydrogen-bond acceptors (Lipinski definition) is 6. The lowest BCUT2D eigenvalue weighted by molar-refractivity contribution is -0.145. The summed E-state index contributed by atoms with van der Waals surface area (Å²) < 4.78 is 0. The summed E-state index contributed by atoms with van der Waals surface area (Å²) in [7, 11) is 0. The fraction of sp³-hybridized carbons (Fsp3) is 0.333. The molecule has 0 saturated carbocycles. The lowest BCUT2D eigenvalue weighted by atomic mass is 9.96. The number of nitrogens with zero attached hydrogens (tertiary/aromatic N) is 3. The standard InChI is InChI=1S/C33H38N6O4/c1-24(40)35-27-12-14-28(15-13-27)36-30(41)22-29-33(43)34-16-17-39(29)31(42)23-37-18-20-38(21-19-37)32(25-8-4-2-5-9-25)26-10-6-3-7-11-26/h2-15,29,32H,16-23H2,1H3,(H,34,43)(H,35,40)(H,36,41)/t29-/m0/s1. The number of hydrogen-bond donors (Lipinski definition) is 3. The van der Waals surface area contributed by atoms with Gasteiger partial charge in [0.2, 0.25) is 23.6 Å². The normalized spacial score (nSPS) is 17.8. The van der Waals surface area contributed by atoms with E-state index in [0.717, 1.165) is 26.2 Å². The van der Waals surface area contributed by atoms with Gasteiger partial charge in [-0.1, -0.05) is 60.7 Å². The Bertz CT molecular complexity index is 1370. The predicted molar refractivity (Wildman–Crippen MR) is 165 cm³/mol. The van der Waals surface area contributed by atoms with Gasteiger partial charge in [-0.2, -0.15) is 0 Å². The monoisotopic (exact) mass is 582 g/mol. The van der Waals surface area contributed by atoms with Gasteiger partial charge < -0.3 is 20.9 Å². The summed E-state index contributed by atoms with van der Waals surface area (Å²) in [5.41, 5.74) is 3.63. The number of carbonyl (C=O) groups is 4. The van der Waals surface area contributed by atoms with Crippen molar-refractivity contribution < 1.29 is 19.2 Å². The first-order valence-electron chi connectivity index (χ1n) is 14.7. The van der Waals surface area contributed by atoms with E-state index in [4.69, 9.17) is 0 Å². The first-order valence-corrected chi connectivity index (χ1v) is 14.7. The van der Waals surface area contributed by atoms with Crippen molar-refractivity contribution in [3.63, 3.8) is 0 Å². The molecule has 0 spiro atoms. The van der Waals surface area contributed by atoms with E-state index >= 15 is 0 Å². The van der Waals surface area contributed by atoms with Gasteiger partial charge in [0.25, 0.3) is 0 Å². The van der Waals surface area contributed by atoms with Crippen molar-refractivity contribution in [3.8, 4) is 0 Å². The van der Waals surface area contributed by atoms with Crippen molar-refractivity contribution in [1.82, 2.24) is 20.0 Å². The van der Waals surface area contributed by atoms with Crippen molar-refractivity contribution in [1.29, 1.82) is 0 Å². The molecule has 4 amide bonds. The predicted octanol–water partition coefficient (Wildman–Crippen LogP) is 2.71. The Morgan fingerprint density at radius 3 is 1.91 bits per heavy atom. The molecule has 10 heteroatoms. The summed E-state index contributed by atoms with van der Waals surface area (Å²) in [6.45, 7) is 5.39. The third kappa shape index (κ3) is 7.85. The van der Waals surface area contributed by atoms with Crippen molar-refractivity contribution in [2.24, 2.45) is 0 Å². The van der Waals surface area contributed by atoms with Crippen LogP contribution in [0.1, 0.15) is 30.5 Å². The molecule has 0 aromatic heterocycles. The molecule has 0 bridgehead atoms. The minimum absolute atomic E-state index is 0.135. The van der Waals surface area contributed by atoms with E-state index in [1.807, 2.05) is 12.1 Å². The van der Waals surface area contributed by atoms with Crippen LogP contribution in [0.5, 0.6) is 0 Å². The lowest BCUT2D eigenvalue weighted by Crippen LogP contribution is -2.60. The quantitative estimate of drug-likeness (QED) is 0.358. The molecule has 3 N–H and O–H groups in total. The Kier molecular flexibility index (Phi) is 9.81. The van der Waals surface area contributed by atoms with Gasteiger partial charge in [0.1, 0.15) is 6.04 Å². The van der Waals surface area contributed by atoms with Crippen LogP contribution < -0.4 is 16.0 Å². The van der Waals surface area contributed by atoms with Crippen molar-refractivity contribution in [3.05, 3.63) is 96.1 Å². The molecule has 2 aliphatic rings. The Morgan fingerprint density at radius 2 is 1.35 bits per heavy atom. The van der Waals surface area contributed by atoms with Crippen LogP contribution in [0, 0.1) is 0 Å². The van der Waals surface area contributed by atoms with E-state index in [9.17, 15) is 19.2 Å². The van der Waals surface area contributed by atoms with Gasteiger partial charge in [-0.05, 0) is 35.4 Å². The second-order valence-electron chi connectivity index (χ2n) is 10.9. The number of benzene rings is 3. The van der Waals surface area contributed by atoms with Crippen molar-refractivity contribution >= 4 is 35.0 Å². The first-order chi connectivity index (χ1) is 20.9. The maximum absolute atomic E-state index is 13.5. The molecule has 224 valence electrons. The number of piperazine rings is 2. The third-order valence-corrected chi connectivity index (χ3v) is 7.88. The van der Waals surface area contributed by atoms with E-state index in [0.29, 0.717) is 24.5 Å². The van der Waals surface area contributed by atoms with Crippen LogP contribution in [0.3, 0.4) is 0 Å². The van der Waals surface area contributed by atoms with Gasteiger partial charge in [-0.15, -0.1) is 0 Å². The summed E-state index contributed by atoms with van der Waals surface area (Å²) >= 11 is 0. The number of rotatable bonds is 9. The van der Waals surface area contributed by atoms with E-state index in [1.165, 1.54) is 18.1 Å². The van der Waals surface area contributed by atoms with E-state index in [1.54, 1.807) is 29.2 Å². The van der Waals surface area contributed by atoms with Gasteiger partial charge in [0, 0.05) is 57.6 Å². The highest BCUT2D eigenvalue weighted by atomic mass is 16.2. The summed E-state index contributed by atoms with van der Waals surface area (Å²) in [5.74, 6) is -1.03. The smallest absolute Gasteiger partial charge is 0.243 e. The highest BCUT2D eigenvalue weighted by molar-refractivity contribution is 5.98. The Morgan fingerprint density at radius 1 is 0.791 bits per heavy atom. The molecule has 0 unspecified atom stereocenters. The lowest BCUT2D eigenvalue weighted by Gasteiger charge is -2.41. The maximum Gasteiger partial charge on any atom is 0.243 e. The molecular weight excluding hydrogens is 544 g/mol. The third-order valence-electron chi connectivity index (χ3n) is 7.88. The fourth-order valence-corrected chi connectivity index (χ4v) is 5.79. The minimum Gasteiger partial charge on any atom is -0.353 e. The zero-order valence-corrected chi connectivity index (χ0v) is 24.4. The van der Waals surface area contributed by atoms with Crippen LogP contribution in [-0.4, -0.2) is 90.2 Å². The minimum atomic E-state index is -0.873. The molecule has 10 nitrogen and oxygen atoms in total. The van der Waals surface area contributed by atoms with Crippen molar-refractivity contribution in [2.45, 2.75) is 25.4 Å². The van der Waals surface area contributed by atoms with Gasteiger partial charge in [0.05, 0.1) is 19.0 Å². The molecule has 2 aliphatic heterocycles. The Labute approximate surface area is 252 Å². The van der Waals surface area contributed by atoms with Crippen LogP contribution in [-0.2, 0) is 19.2 Å². The van der Waals surface area contributed by atoms with Gasteiger partial charge in [-0.3, -0.25) is 29.0 Å².